The van der Waals surface area contributed by atoms with Gasteiger partial charge in [0.2, 0.25) is 11.8 Å². The Morgan fingerprint density at radius 2 is 1.87 bits per heavy atom. The summed E-state index contributed by atoms with van der Waals surface area (Å²) in [6, 6.07) is 10.6. The van der Waals surface area contributed by atoms with Crippen LogP contribution < -0.4 is 5.32 Å². The van der Waals surface area contributed by atoms with E-state index in [1.165, 1.54) is 17.0 Å². The molecule has 1 heterocycles. The summed E-state index contributed by atoms with van der Waals surface area (Å²) in [5.41, 5.74) is 1.60. The molecule has 8 heteroatoms. The Labute approximate surface area is 186 Å². The van der Waals surface area contributed by atoms with Crippen molar-refractivity contribution in [2.75, 3.05) is 32.5 Å². The lowest BCUT2D eigenvalue weighted by molar-refractivity contribution is -0.133. The van der Waals surface area contributed by atoms with Gasteiger partial charge in [-0.05, 0) is 48.7 Å². The maximum Gasteiger partial charge on any atom is 0.254 e. The molecule has 1 aliphatic rings. The maximum absolute atomic E-state index is 13.1. The summed E-state index contributed by atoms with van der Waals surface area (Å²) >= 11 is 6.21. The molecule has 31 heavy (non-hydrogen) atoms. The number of nitrogens with one attached hydrogen (secondary N) is 1. The van der Waals surface area contributed by atoms with E-state index in [1.807, 2.05) is 0 Å². The molecule has 1 aliphatic heterocycles. The Morgan fingerprint density at radius 1 is 1.16 bits per heavy atom. The highest BCUT2D eigenvalue weighted by Gasteiger charge is 2.28. The number of rotatable bonds is 5. The van der Waals surface area contributed by atoms with Crippen molar-refractivity contribution in [1.29, 1.82) is 0 Å². The smallest absolute Gasteiger partial charge is 0.254 e. The molecule has 2 aromatic carbocycles. The third-order valence-corrected chi connectivity index (χ3v) is 5.60. The summed E-state index contributed by atoms with van der Waals surface area (Å²) in [5, 5.41) is 3.10. The van der Waals surface area contributed by atoms with Crippen molar-refractivity contribution in [3.05, 3.63) is 64.4 Å². The lowest BCUT2D eigenvalue weighted by atomic mass is 9.96. The van der Waals surface area contributed by atoms with Gasteiger partial charge in [-0.1, -0.05) is 23.7 Å². The van der Waals surface area contributed by atoms with Gasteiger partial charge in [-0.2, -0.15) is 0 Å². The molecule has 0 saturated carbocycles. The number of carbonyl (C=O) groups excluding carboxylic acids is 3. The molecule has 0 aliphatic carbocycles. The van der Waals surface area contributed by atoms with Crippen molar-refractivity contribution < 1.29 is 18.8 Å². The van der Waals surface area contributed by atoms with E-state index in [-0.39, 0.29) is 40.9 Å². The van der Waals surface area contributed by atoms with Gasteiger partial charge in [0.1, 0.15) is 5.82 Å². The second-order valence-corrected chi connectivity index (χ2v) is 8.27. The van der Waals surface area contributed by atoms with Crippen molar-refractivity contribution >= 4 is 35.0 Å². The minimum Gasteiger partial charge on any atom is -0.345 e. The molecule has 0 spiro atoms. The number of carbonyl (C=O) groups is 3. The van der Waals surface area contributed by atoms with Crippen molar-refractivity contribution in [3.63, 3.8) is 0 Å². The van der Waals surface area contributed by atoms with E-state index >= 15 is 0 Å². The number of hydrogen-bond donors (Lipinski definition) is 1. The third-order valence-electron chi connectivity index (χ3n) is 5.29. The van der Waals surface area contributed by atoms with Crippen molar-refractivity contribution in [2.45, 2.75) is 19.3 Å². The van der Waals surface area contributed by atoms with E-state index in [4.69, 9.17) is 11.6 Å². The fourth-order valence-corrected chi connectivity index (χ4v) is 3.82. The van der Waals surface area contributed by atoms with E-state index in [0.29, 0.717) is 30.8 Å². The topological polar surface area (TPSA) is 69.7 Å². The first kappa shape index (κ1) is 22.7. The Hall–Kier alpha value is -2.93. The Morgan fingerprint density at radius 3 is 2.52 bits per heavy atom. The van der Waals surface area contributed by atoms with E-state index in [2.05, 4.69) is 5.32 Å². The minimum absolute atomic E-state index is 0.0845. The zero-order valence-corrected chi connectivity index (χ0v) is 18.3. The van der Waals surface area contributed by atoms with Crippen molar-refractivity contribution in [2.24, 2.45) is 5.92 Å². The van der Waals surface area contributed by atoms with Gasteiger partial charge in [-0.15, -0.1) is 0 Å². The number of piperidine rings is 1. The molecular formula is C23H25ClFN3O3. The maximum atomic E-state index is 13.1. The van der Waals surface area contributed by atoms with Crippen LogP contribution in [-0.2, 0) is 16.0 Å². The van der Waals surface area contributed by atoms with Gasteiger partial charge in [0.05, 0.1) is 22.9 Å². The molecule has 1 unspecified atom stereocenters. The van der Waals surface area contributed by atoms with Crippen molar-refractivity contribution in [1.82, 2.24) is 9.80 Å². The number of anilines is 1. The monoisotopic (exact) mass is 445 g/mol. The number of benzene rings is 2. The molecule has 3 rings (SSSR count). The normalized spacial score (nSPS) is 16.0. The average Bonchev–Trinajstić information content (AvgIpc) is 2.75. The van der Waals surface area contributed by atoms with Crippen LogP contribution in [0.4, 0.5) is 10.1 Å². The second kappa shape index (κ2) is 9.92. The van der Waals surface area contributed by atoms with E-state index in [9.17, 15) is 18.8 Å². The van der Waals surface area contributed by atoms with Crippen molar-refractivity contribution in [3.8, 4) is 0 Å². The van der Waals surface area contributed by atoms with Gasteiger partial charge in [0.15, 0.2) is 0 Å². The van der Waals surface area contributed by atoms with Crippen LogP contribution in [0, 0.1) is 11.7 Å². The molecule has 0 aromatic heterocycles. The van der Waals surface area contributed by atoms with Gasteiger partial charge in [-0.3, -0.25) is 14.4 Å². The summed E-state index contributed by atoms with van der Waals surface area (Å²) < 4.78 is 13.1. The van der Waals surface area contributed by atoms with Crippen LogP contribution in [0.15, 0.2) is 42.5 Å². The number of nitrogens with zero attached hydrogens (tertiary/aromatic N) is 2. The molecule has 1 fully saturated rings. The molecule has 3 amide bonds. The van der Waals surface area contributed by atoms with Crippen LogP contribution in [0.5, 0.6) is 0 Å². The van der Waals surface area contributed by atoms with Gasteiger partial charge < -0.3 is 15.1 Å². The summed E-state index contributed by atoms with van der Waals surface area (Å²) in [5.74, 6) is -1.18. The predicted octanol–water partition coefficient (Wildman–Crippen LogP) is 3.60. The van der Waals surface area contributed by atoms with Gasteiger partial charge in [-0.25, -0.2) is 4.39 Å². The number of halogens is 2. The zero-order valence-electron chi connectivity index (χ0n) is 17.5. The van der Waals surface area contributed by atoms with E-state index < -0.39 is 0 Å². The molecule has 1 N–H and O–H groups in total. The second-order valence-electron chi connectivity index (χ2n) is 7.87. The quantitative estimate of drug-likeness (QED) is 0.764. The summed E-state index contributed by atoms with van der Waals surface area (Å²) in [6.45, 7) is 0.924. The molecule has 1 saturated heterocycles. The average molecular weight is 446 g/mol. The summed E-state index contributed by atoms with van der Waals surface area (Å²) in [6.07, 6.45) is 1.58. The fraction of sp³-hybridized carbons (Fsp3) is 0.348. The standard InChI is InChI=1S/C23H25ClFN3O3/c1-27(2)23(31)19-10-9-18(13-20(19)24)26-22(30)16-4-3-11-28(14-16)21(29)12-15-5-7-17(25)8-6-15/h5-10,13,16H,3-4,11-12,14H2,1-2H3,(H,26,30). The summed E-state index contributed by atoms with van der Waals surface area (Å²) in [7, 11) is 3.28. The van der Waals surface area contributed by atoms with Gasteiger partial charge in [0.25, 0.3) is 5.91 Å². The molecule has 164 valence electrons. The van der Waals surface area contributed by atoms with Crippen LogP contribution in [0.1, 0.15) is 28.8 Å². The summed E-state index contributed by atoms with van der Waals surface area (Å²) in [4.78, 5) is 40.6. The minimum atomic E-state index is -0.342. The van der Waals surface area contributed by atoms with Gasteiger partial charge >= 0.3 is 0 Å². The van der Waals surface area contributed by atoms with Crippen LogP contribution in [-0.4, -0.2) is 54.7 Å². The zero-order chi connectivity index (χ0) is 22.5. The number of likely N-dealkylation sites (tertiary alicyclic amines) is 1. The molecule has 0 radical (unpaired) electrons. The van der Waals surface area contributed by atoms with Gasteiger partial charge in [0, 0.05) is 32.9 Å². The number of amides is 3. The first-order valence-electron chi connectivity index (χ1n) is 10.1. The first-order valence-corrected chi connectivity index (χ1v) is 10.5. The van der Waals surface area contributed by atoms with Crippen LogP contribution in [0.2, 0.25) is 5.02 Å². The first-order chi connectivity index (χ1) is 14.7. The SMILES string of the molecule is CN(C)C(=O)c1ccc(NC(=O)C2CCCN(C(=O)Cc3ccc(F)cc3)C2)cc1Cl. The molecule has 2 aromatic rings. The van der Waals surface area contributed by atoms with E-state index in [0.717, 1.165) is 12.0 Å². The van der Waals surface area contributed by atoms with Crippen LogP contribution >= 0.6 is 11.6 Å². The lowest BCUT2D eigenvalue weighted by Crippen LogP contribution is -2.44. The largest absolute Gasteiger partial charge is 0.345 e. The molecule has 1 atom stereocenters. The highest BCUT2D eigenvalue weighted by atomic mass is 35.5. The third kappa shape index (κ3) is 5.82. The Bertz CT molecular complexity index is 979. The molecule has 0 bridgehead atoms. The Balaban J connectivity index is 1.60. The molecule has 6 nitrogen and oxygen atoms in total. The highest BCUT2D eigenvalue weighted by molar-refractivity contribution is 6.34. The van der Waals surface area contributed by atoms with Crippen LogP contribution in [0.3, 0.4) is 0 Å². The van der Waals surface area contributed by atoms with E-state index in [1.54, 1.807) is 49.3 Å². The Kier molecular flexibility index (Phi) is 7.28. The highest BCUT2D eigenvalue weighted by Crippen LogP contribution is 2.24. The van der Waals surface area contributed by atoms with Crippen LogP contribution in [0.25, 0.3) is 0 Å². The lowest BCUT2D eigenvalue weighted by Gasteiger charge is -2.32. The predicted molar refractivity (Wildman–Crippen MR) is 118 cm³/mol. The molecular weight excluding hydrogens is 421 g/mol. The number of hydrogen-bond acceptors (Lipinski definition) is 3. The fourth-order valence-electron chi connectivity index (χ4n) is 3.56.